The van der Waals surface area contributed by atoms with Gasteiger partial charge in [-0.05, 0) is 36.9 Å². The fraction of sp³-hybridized carbons (Fsp3) is 0.417. The molecule has 3 nitrogen and oxygen atoms in total. The molecule has 3 heterocycles. The minimum atomic E-state index is 0.439. The molecule has 4 rings (SSSR count). The quantitative estimate of drug-likeness (QED) is 0.682. The molecule has 1 aromatic heterocycles. The van der Waals surface area contributed by atoms with Crippen molar-refractivity contribution in [1.82, 2.24) is 15.3 Å². The third-order valence-electron chi connectivity index (χ3n) is 3.74. The Labute approximate surface area is 87.9 Å². The zero-order valence-electron chi connectivity index (χ0n) is 8.46. The minimum absolute atomic E-state index is 0.439. The standard InChI is InChI=1S/C12H13N3/c1-2-8-7-4-5-13-10(6-7)12-14-9(3-1)11(8)15-12/h1-3,7,10,13H,4-6H2,(H,14,15). The van der Waals surface area contributed by atoms with Gasteiger partial charge in [0.15, 0.2) is 0 Å². The molecule has 4 bridgehead atoms. The third-order valence-corrected chi connectivity index (χ3v) is 3.74. The van der Waals surface area contributed by atoms with Crippen molar-refractivity contribution in [3.63, 3.8) is 0 Å². The topological polar surface area (TPSA) is 40.7 Å². The lowest BCUT2D eigenvalue weighted by molar-refractivity contribution is 0.364. The van der Waals surface area contributed by atoms with E-state index in [1.165, 1.54) is 29.4 Å². The second kappa shape index (κ2) is 2.61. The van der Waals surface area contributed by atoms with Crippen molar-refractivity contribution in [2.24, 2.45) is 0 Å². The monoisotopic (exact) mass is 199 g/mol. The molecular formula is C12H13N3. The largest absolute Gasteiger partial charge is 0.341 e. The first-order valence-electron chi connectivity index (χ1n) is 5.64. The number of benzene rings is 1. The van der Waals surface area contributed by atoms with Gasteiger partial charge in [-0.25, -0.2) is 4.98 Å². The Bertz CT molecular complexity index is 529. The van der Waals surface area contributed by atoms with Crippen LogP contribution in [0.15, 0.2) is 18.2 Å². The van der Waals surface area contributed by atoms with Crippen LogP contribution in [0.1, 0.15) is 36.2 Å². The van der Waals surface area contributed by atoms with Crippen LogP contribution in [0.3, 0.4) is 0 Å². The van der Waals surface area contributed by atoms with Gasteiger partial charge in [0.05, 0.1) is 17.1 Å². The summed E-state index contributed by atoms with van der Waals surface area (Å²) in [5, 5.41) is 3.54. The second-order valence-electron chi connectivity index (χ2n) is 4.59. The molecular weight excluding hydrogens is 186 g/mol. The Morgan fingerprint density at radius 2 is 2.33 bits per heavy atom. The van der Waals surface area contributed by atoms with Crippen molar-refractivity contribution in [2.75, 3.05) is 6.54 Å². The van der Waals surface area contributed by atoms with E-state index in [0.29, 0.717) is 12.0 Å². The first-order valence-corrected chi connectivity index (χ1v) is 5.64. The van der Waals surface area contributed by atoms with Gasteiger partial charge < -0.3 is 10.3 Å². The lowest BCUT2D eigenvalue weighted by atomic mass is 9.86. The molecule has 2 atom stereocenters. The van der Waals surface area contributed by atoms with Gasteiger partial charge in [-0.1, -0.05) is 12.1 Å². The minimum Gasteiger partial charge on any atom is -0.341 e. The molecule has 76 valence electrons. The Balaban J connectivity index is 2.09. The second-order valence-corrected chi connectivity index (χ2v) is 4.59. The summed E-state index contributed by atoms with van der Waals surface area (Å²) in [4.78, 5) is 8.14. The van der Waals surface area contributed by atoms with Crippen molar-refractivity contribution < 1.29 is 0 Å². The fourth-order valence-electron chi connectivity index (χ4n) is 2.98. The molecule has 2 aromatic rings. The summed E-state index contributed by atoms with van der Waals surface area (Å²) in [6, 6.07) is 6.94. The molecule has 2 aliphatic heterocycles. The Morgan fingerprint density at radius 1 is 1.33 bits per heavy atom. The normalized spacial score (nSPS) is 28.3. The van der Waals surface area contributed by atoms with Crippen LogP contribution in [0, 0.1) is 0 Å². The summed E-state index contributed by atoms with van der Waals surface area (Å²) < 4.78 is 0. The summed E-state index contributed by atoms with van der Waals surface area (Å²) >= 11 is 0. The molecule has 0 radical (unpaired) electrons. The lowest BCUT2D eigenvalue weighted by Crippen LogP contribution is -2.31. The van der Waals surface area contributed by atoms with Gasteiger partial charge >= 0.3 is 0 Å². The van der Waals surface area contributed by atoms with Crippen LogP contribution in [-0.4, -0.2) is 16.5 Å². The van der Waals surface area contributed by atoms with E-state index in [-0.39, 0.29) is 0 Å². The van der Waals surface area contributed by atoms with Crippen LogP contribution in [0.4, 0.5) is 0 Å². The average molecular weight is 199 g/mol. The third kappa shape index (κ3) is 0.960. The van der Waals surface area contributed by atoms with Crippen LogP contribution in [-0.2, 0) is 0 Å². The number of para-hydroxylation sites is 1. The first kappa shape index (κ1) is 7.88. The van der Waals surface area contributed by atoms with Crippen molar-refractivity contribution in [1.29, 1.82) is 0 Å². The predicted molar refractivity (Wildman–Crippen MR) is 58.8 cm³/mol. The summed E-state index contributed by atoms with van der Waals surface area (Å²) in [5.41, 5.74) is 3.84. The number of imidazole rings is 1. The molecule has 0 saturated carbocycles. The number of aromatic nitrogens is 2. The number of nitrogens with one attached hydrogen (secondary N) is 2. The van der Waals surface area contributed by atoms with Gasteiger partial charge in [0, 0.05) is 0 Å². The highest BCUT2D eigenvalue weighted by Gasteiger charge is 2.30. The maximum atomic E-state index is 4.72. The van der Waals surface area contributed by atoms with E-state index >= 15 is 0 Å². The molecule has 1 fully saturated rings. The van der Waals surface area contributed by atoms with E-state index < -0.39 is 0 Å². The van der Waals surface area contributed by atoms with E-state index in [1.54, 1.807) is 0 Å². The first-order chi connectivity index (χ1) is 7.42. The van der Waals surface area contributed by atoms with E-state index in [4.69, 9.17) is 4.98 Å². The Kier molecular flexibility index (Phi) is 1.37. The molecule has 15 heavy (non-hydrogen) atoms. The Hall–Kier alpha value is -1.35. The number of aromatic amines is 1. The number of hydrogen-bond acceptors (Lipinski definition) is 2. The molecule has 2 N–H and O–H groups in total. The molecule has 1 saturated heterocycles. The Morgan fingerprint density at radius 3 is 3.33 bits per heavy atom. The van der Waals surface area contributed by atoms with E-state index in [0.717, 1.165) is 12.4 Å². The van der Waals surface area contributed by atoms with Crippen molar-refractivity contribution in [2.45, 2.75) is 24.8 Å². The molecule has 3 heteroatoms. The van der Waals surface area contributed by atoms with Gasteiger partial charge in [-0.15, -0.1) is 0 Å². The van der Waals surface area contributed by atoms with Crippen LogP contribution >= 0.6 is 0 Å². The van der Waals surface area contributed by atoms with E-state index in [1.807, 2.05) is 0 Å². The maximum Gasteiger partial charge on any atom is 0.124 e. The van der Waals surface area contributed by atoms with Crippen molar-refractivity contribution in [3.05, 3.63) is 29.6 Å². The number of nitrogens with zero attached hydrogens (tertiary/aromatic N) is 1. The number of piperidine rings is 1. The smallest absolute Gasteiger partial charge is 0.124 e. The number of rotatable bonds is 0. The van der Waals surface area contributed by atoms with Gasteiger partial charge in [-0.2, -0.15) is 0 Å². The zero-order valence-corrected chi connectivity index (χ0v) is 8.46. The molecule has 0 amide bonds. The number of hydrogen-bond donors (Lipinski definition) is 2. The van der Waals surface area contributed by atoms with Crippen LogP contribution in [0.25, 0.3) is 11.0 Å². The average Bonchev–Trinajstić information content (AvgIpc) is 2.68. The van der Waals surface area contributed by atoms with Gasteiger partial charge in [0.25, 0.3) is 0 Å². The number of H-pyrrole nitrogens is 1. The van der Waals surface area contributed by atoms with Crippen molar-refractivity contribution >= 4 is 11.0 Å². The highest BCUT2D eigenvalue weighted by Crippen LogP contribution is 2.39. The number of fused-ring (bicyclic) bond motifs is 5. The highest BCUT2D eigenvalue weighted by molar-refractivity contribution is 5.80. The summed E-state index contributed by atoms with van der Waals surface area (Å²) in [6.07, 6.45) is 2.44. The van der Waals surface area contributed by atoms with Crippen LogP contribution in [0.2, 0.25) is 0 Å². The summed E-state index contributed by atoms with van der Waals surface area (Å²) in [7, 11) is 0. The highest BCUT2D eigenvalue weighted by atomic mass is 15.0. The fourth-order valence-corrected chi connectivity index (χ4v) is 2.98. The van der Waals surface area contributed by atoms with Gasteiger partial charge in [0.2, 0.25) is 0 Å². The van der Waals surface area contributed by atoms with Crippen molar-refractivity contribution in [3.8, 4) is 0 Å². The maximum absolute atomic E-state index is 4.72. The van der Waals surface area contributed by atoms with Gasteiger partial charge in [-0.3, -0.25) is 0 Å². The summed E-state index contributed by atoms with van der Waals surface area (Å²) in [6.45, 7) is 1.11. The molecule has 2 aliphatic rings. The predicted octanol–water partition coefficient (Wildman–Crippen LogP) is 2.08. The summed E-state index contributed by atoms with van der Waals surface area (Å²) in [5.74, 6) is 1.83. The molecule has 0 aliphatic carbocycles. The van der Waals surface area contributed by atoms with Crippen LogP contribution in [0.5, 0.6) is 0 Å². The SMILES string of the molecule is c1cc2c3nc([nH]c3c1)C1CC2CCN1. The molecule has 1 aromatic carbocycles. The molecule has 0 spiro atoms. The van der Waals surface area contributed by atoms with Gasteiger partial charge in [0.1, 0.15) is 5.82 Å². The van der Waals surface area contributed by atoms with E-state index in [2.05, 4.69) is 28.5 Å². The zero-order chi connectivity index (χ0) is 9.83. The van der Waals surface area contributed by atoms with Crippen LogP contribution < -0.4 is 5.32 Å². The lowest BCUT2D eigenvalue weighted by Gasteiger charge is -2.28. The molecule has 2 unspecified atom stereocenters. The van der Waals surface area contributed by atoms with E-state index in [9.17, 15) is 0 Å².